The predicted octanol–water partition coefficient (Wildman–Crippen LogP) is -1.83. The topological polar surface area (TPSA) is 151 Å². The van der Waals surface area contributed by atoms with E-state index in [2.05, 4.69) is 25.8 Å². The summed E-state index contributed by atoms with van der Waals surface area (Å²) in [6.45, 7) is 2.96. The largest absolute Gasteiger partial charge is 0.394 e. The first-order chi connectivity index (χ1) is 18.5. The molecule has 2 aliphatic rings. The maximum Gasteiger partial charge on any atom is 0.249 e. The second-order valence-corrected chi connectivity index (χ2v) is 9.24. The molecule has 0 saturated carbocycles. The van der Waals surface area contributed by atoms with E-state index in [4.69, 9.17) is 14.6 Å². The molecule has 0 unspecified atom stereocenters. The maximum atomic E-state index is 13.6. The predicted molar refractivity (Wildman–Crippen MR) is 135 cm³/mol. The molecule has 0 aliphatic carbocycles. The van der Waals surface area contributed by atoms with Crippen LogP contribution in [0.2, 0.25) is 0 Å². The highest BCUT2D eigenvalue weighted by molar-refractivity contribution is 5.92. The average molecular weight is 530 g/mol. The van der Waals surface area contributed by atoms with Gasteiger partial charge in [-0.25, -0.2) is 4.68 Å². The molecule has 4 rings (SSSR count). The molecule has 206 valence electrons. The van der Waals surface area contributed by atoms with Crippen LogP contribution in [-0.4, -0.2) is 119 Å². The molecule has 1 aromatic carbocycles. The molecule has 3 heterocycles. The Kier molecular flexibility index (Phi) is 10.1. The summed E-state index contributed by atoms with van der Waals surface area (Å²) in [5.41, 5.74) is 1.60. The number of fused-ring (bicyclic) bond motifs is 1. The number of aliphatic hydroxyl groups excluding tert-OH is 1. The minimum atomic E-state index is -0.940. The van der Waals surface area contributed by atoms with Crippen molar-refractivity contribution < 1.29 is 29.0 Å². The van der Waals surface area contributed by atoms with Crippen molar-refractivity contribution in [3.8, 4) is 0 Å². The summed E-state index contributed by atoms with van der Waals surface area (Å²) in [7, 11) is 0. The number of hydrogen-bond acceptors (Lipinski definition) is 9. The third-order valence-corrected chi connectivity index (χ3v) is 6.44. The fourth-order valence-corrected chi connectivity index (χ4v) is 4.51. The second-order valence-electron chi connectivity index (χ2n) is 9.24. The minimum absolute atomic E-state index is 0.0986. The number of carbonyl (C=O) groups excluding carboxylic acids is 3. The van der Waals surface area contributed by atoms with Gasteiger partial charge in [-0.3, -0.25) is 19.3 Å². The van der Waals surface area contributed by atoms with Crippen LogP contribution in [-0.2, 0) is 43.4 Å². The van der Waals surface area contributed by atoms with Gasteiger partial charge in [0.05, 0.1) is 38.7 Å². The van der Waals surface area contributed by atoms with Gasteiger partial charge in [-0.1, -0.05) is 35.5 Å². The summed E-state index contributed by atoms with van der Waals surface area (Å²) in [6, 6.07) is 8.18. The summed E-state index contributed by atoms with van der Waals surface area (Å²) < 4.78 is 12.4. The van der Waals surface area contributed by atoms with Crippen LogP contribution in [0.4, 0.5) is 0 Å². The van der Waals surface area contributed by atoms with E-state index in [0.29, 0.717) is 31.9 Å². The molecule has 2 fully saturated rings. The van der Waals surface area contributed by atoms with Crippen molar-refractivity contribution in [2.75, 3.05) is 59.2 Å². The Bertz CT molecular complexity index is 1070. The number of aliphatic hydroxyl groups is 1. The van der Waals surface area contributed by atoms with Crippen LogP contribution in [0.5, 0.6) is 0 Å². The highest BCUT2D eigenvalue weighted by atomic mass is 16.5. The molecule has 0 bridgehead atoms. The molecule has 0 radical (unpaired) electrons. The number of amides is 3. The number of piperazine rings is 1. The zero-order valence-corrected chi connectivity index (χ0v) is 21.3. The van der Waals surface area contributed by atoms with Crippen molar-refractivity contribution in [1.82, 2.24) is 35.4 Å². The van der Waals surface area contributed by atoms with E-state index in [1.165, 1.54) is 9.58 Å². The summed E-state index contributed by atoms with van der Waals surface area (Å²) >= 11 is 0. The molecule has 3 amide bonds. The number of ether oxygens (including phenoxy) is 2. The standard InChI is InChI=1S/C25H35N7O6/c33-10-9-31-16-20(28-29-31)14-21-24(35)26-6-11-37-12-13-38-18-23(34)32-8-7-30(17-22(32)25(36)27-21)15-19-4-2-1-3-5-19/h1-5,16,21-22,33H,6-15,17-18H2,(H,26,35)(H,27,36)/t21-,22+/m1/s1. The van der Waals surface area contributed by atoms with Crippen molar-refractivity contribution >= 4 is 17.7 Å². The number of hydrogen-bond donors (Lipinski definition) is 3. The van der Waals surface area contributed by atoms with Gasteiger partial charge in [0, 0.05) is 45.3 Å². The zero-order valence-electron chi connectivity index (χ0n) is 21.3. The lowest BCUT2D eigenvalue weighted by Gasteiger charge is -2.41. The fourth-order valence-electron chi connectivity index (χ4n) is 4.51. The zero-order chi connectivity index (χ0) is 26.7. The number of rotatable bonds is 6. The monoisotopic (exact) mass is 529 g/mol. The molecule has 2 aromatic rings. The van der Waals surface area contributed by atoms with E-state index in [1.54, 1.807) is 6.20 Å². The second kappa shape index (κ2) is 14.0. The van der Waals surface area contributed by atoms with Gasteiger partial charge in [-0.2, -0.15) is 0 Å². The molecule has 2 aliphatic heterocycles. The molecule has 1 aromatic heterocycles. The van der Waals surface area contributed by atoms with E-state index in [1.807, 2.05) is 30.3 Å². The van der Waals surface area contributed by atoms with Crippen LogP contribution in [0, 0.1) is 0 Å². The summed E-state index contributed by atoms with van der Waals surface area (Å²) in [5, 5.41) is 22.8. The lowest BCUT2D eigenvalue weighted by atomic mass is 10.1. The SMILES string of the molecule is O=C1NCCOCCOCC(=O)N2CCN(Cc3ccccc3)C[C@H]2C(=O)N[C@@H]1Cc1cn(CCO)nn1. The van der Waals surface area contributed by atoms with Gasteiger partial charge in [0.2, 0.25) is 17.7 Å². The lowest BCUT2D eigenvalue weighted by molar-refractivity contribution is -0.148. The van der Waals surface area contributed by atoms with Gasteiger partial charge < -0.3 is 30.1 Å². The summed E-state index contributed by atoms with van der Waals surface area (Å²) in [5.74, 6) is -1.10. The Hall–Kier alpha value is -3.39. The normalized spacial score (nSPS) is 22.7. The number of nitrogens with one attached hydrogen (secondary N) is 2. The Morgan fingerprint density at radius 3 is 2.66 bits per heavy atom. The Labute approximate surface area is 221 Å². The van der Waals surface area contributed by atoms with Crippen molar-refractivity contribution in [2.24, 2.45) is 0 Å². The average Bonchev–Trinajstić information content (AvgIpc) is 3.36. The van der Waals surface area contributed by atoms with Gasteiger partial charge >= 0.3 is 0 Å². The van der Waals surface area contributed by atoms with Crippen molar-refractivity contribution in [3.05, 3.63) is 47.8 Å². The third kappa shape index (κ3) is 7.81. The fraction of sp³-hybridized carbons (Fsp3) is 0.560. The van der Waals surface area contributed by atoms with E-state index < -0.39 is 18.0 Å². The Morgan fingerprint density at radius 1 is 1.03 bits per heavy atom. The Morgan fingerprint density at radius 2 is 1.84 bits per heavy atom. The highest BCUT2D eigenvalue weighted by Gasteiger charge is 2.37. The molecule has 13 nitrogen and oxygen atoms in total. The molecule has 38 heavy (non-hydrogen) atoms. The van der Waals surface area contributed by atoms with Crippen LogP contribution < -0.4 is 10.6 Å². The van der Waals surface area contributed by atoms with Crippen LogP contribution in [0.3, 0.4) is 0 Å². The number of aromatic nitrogens is 3. The molecule has 13 heteroatoms. The first-order valence-electron chi connectivity index (χ1n) is 12.8. The summed E-state index contributed by atoms with van der Waals surface area (Å²) in [6.07, 6.45) is 1.73. The number of benzene rings is 1. The van der Waals surface area contributed by atoms with Gasteiger partial charge in [0.1, 0.15) is 18.7 Å². The number of carbonyl (C=O) groups is 3. The van der Waals surface area contributed by atoms with Gasteiger partial charge in [-0.05, 0) is 5.56 Å². The molecule has 2 atom stereocenters. The molecule has 0 spiro atoms. The van der Waals surface area contributed by atoms with Crippen LogP contribution in [0.25, 0.3) is 0 Å². The first-order valence-corrected chi connectivity index (χ1v) is 12.8. The first kappa shape index (κ1) is 27.6. The smallest absolute Gasteiger partial charge is 0.249 e. The van der Waals surface area contributed by atoms with Crippen molar-refractivity contribution in [1.29, 1.82) is 0 Å². The molecule has 3 N–H and O–H groups in total. The lowest BCUT2D eigenvalue weighted by Crippen LogP contribution is -2.63. The molecule has 2 saturated heterocycles. The molecular weight excluding hydrogens is 494 g/mol. The van der Waals surface area contributed by atoms with Crippen LogP contribution in [0.1, 0.15) is 11.3 Å². The number of nitrogens with zero attached hydrogens (tertiary/aromatic N) is 5. The minimum Gasteiger partial charge on any atom is -0.394 e. The van der Waals surface area contributed by atoms with Crippen molar-refractivity contribution in [3.63, 3.8) is 0 Å². The maximum absolute atomic E-state index is 13.6. The molecular formula is C25H35N7O6. The van der Waals surface area contributed by atoms with E-state index in [0.717, 1.165) is 5.56 Å². The van der Waals surface area contributed by atoms with Crippen LogP contribution >= 0.6 is 0 Å². The Balaban J connectivity index is 1.53. The van der Waals surface area contributed by atoms with Crippen LogP contribution in [0.15, 0.2) is 36.5 Å². The quantitative estimate of drug-likeness (QED) is 0.393. The van der Waals surface area contributed by atoms with E-state index in [9.17, 15) is 14.4 Å². The van der Waals surface area contributed by atoms with Gasteiger partial charge in [0.15, 0.2) is 0 Å². The van der Waals surface area contributed by atoms with E-state index >= 15 is 0 Å². The van der Waals surface area contributed by atoms with Gasteiger partial charge in [-0.15, -0.1) is 5.10 Å². The van der Waals surface area contributed by atoms with Crippen molar-refractivity contribution in [2.45, 2.75) is 31.6 Å². The summed E-state index contributed by atoms with van der Waals surface area (Å²) in [4.78, 5) is 43.4. The third-order valence-electron chi connectivity index (χ3n) is 6.44. The van der Waals surface area contributed by atoms with E-state index in [-0.39, 0.29) is 64.4 Å². The highest BCUT2D eigenvalue weighted by Crippen LogP contribution is 2.15. The van der Waals surface area contributed by atoms with Gasteiger partial charge in [0.25, 0.3) is 0 Å².